The van der Waals surface area contributed by atoms with Crippen LogP contribution in [0.5, 0.6) is 0 Å². The van der Waals surface area contributed by atoms with Crippen molar-refractivity contribution in [3.8, 4) is 0 Å². The second-order valence-electron chi connectivity index (χ2n) is 21.0. The van der Waals surface area contributed by atoms with Gasteiger partial charge >= 0.3 is 0 Å². The van der Waals surface area contributed by atoms with Gasteiger partial charge in [0.15, 0.2) is 17.4 Å². The minimum atomic E-state index is -1.13. The lowest BCUT2D eigenvalue weighted by atomic mass is 9.48. The molecule has 7 nitrogen and oxygen atoms in total. The smallest absolute Gasteiger partial charge is 0.172 e. The Hall–Kier alpha value is -0.280. The van der Waals surface area contributed by atoms with Gasteiger partial charge < -0.3 is 33.5 Å². The molecule has 6 unspecified atom stereocenters. The van der Waals surface area contributed by atoms with Gasteiger partial charge in [0.05, 0.1) is 22.4 Å². The molecule has 3 aliphatic rings. The summed E-state index contributed by atoms with van der Waals surface area (Å²) in [5, 5.41) is 11.9. The highest BCUT2D eigenvalue weighted by molar-refractivity contribution is 5.22. The predicted octanol–water partition coefficient (Wildman–Crippen LogP) is 10.7. The molecule has 3 fully saturated rings. The zero-order valence-corrected chi connectivity index (χ0v) is 37.4. The van der Waals surface area contributed by atoms with E-state index in [1.165, 1.54) is 0 Å². The minimum absolute atomic E-state index is 0.442. The number of rotatable bonds is 5. The Balaban J connectivity index is 0.00000409. The van der Waals surface area contributed by atoms with E-state index in [1.54, 1.807) is 7.11 Å². The molecule has 3 aliphatic heterocycles. The van der Waals surface area contributed by atoms with Crippen LogP contribution in [0.2, 0.25) is 0 Å². The van der Waals surface area contributed by atoms with Crippen LogP contribution in [0.15, 0.2) is 0 Å². The third-order valence-electron chi connectivity index (χ3n) is 17.7. The quantitative estimate of drug-likeness (QED) is 0.306. The van der Waals surface area contributed by atoms with E-state index in [0.717, 1.165) is 0 Å². The van der Waals surface area contributed by atoms with Gasteiger partial charge in [0, 0.05) is 39.6 Å². The van der Waals surface area contributed by atoms with E-state index >= 15 is 0 Å². The molecular weight excluding hydrogens is 616 g/mol. The van der Waals surface area contributed by atoms with Crippen LogP contribution in [0, 0.1) is 32.5 Å². The van der Waals surface area contributed by atoms with Gasteiger partial charge in [-0.15, -0.1) is 0 Å². The lowest BCUT2D eigenvalue weighted by Crippen LogP contribution is -2.83. The Kier molecular flexibility index (Phi) is 10.4. The molecule has 0 aromatic rings. The zero-order chi connectivity index (χ0) is 39.7. The highest BCUT2D eigenvalue weighted by Crippen LogP contribution is 2.71. The maximum absolute atomic E-state index is 11.9. The molecule has 3 heterocycles. The maximum Gasteiger partial charge on any atom is 0.172 e. The molecule has 0 aromatic carbocycles. The van der Waals surface area contributed by atoms with Crippen LogP contribution in [-0.2, 0) is 28.4 Å². The van der Waals surface area contributed by atoms with E-state index in [-0.39, 0.29) is 0 Å². The lowest BCUT2D eigenvalue weighted by Gasteiger charge is -2.75. The number of hydrogen-bond donors (Lipinski definition) is 1. The van der Waals surface area contributed by atoms with Gasteiger partial charge in [-0.1, -0.05) is 96.9 Å². The average molecular weight is 699 g/mol. The van der Waals surface area contributed by atoms with E-state index in [2.05, 4.69) is 132 Å². The molecule has 1 N–H and O–H groups in total. The first-order valence-corrected chi connectivity index (χ1v) is 18.9. The van der Waals surface area contributed by atoms with Crippen LogP contribution in [0.4, 0.5) is 0 Å². The molecule has 0 aliphatic carbocycles. The van der Waals surface area contributed by atoms with Gasteiger partial charge in [0.25, 0.3) is 0 Å². The normalized spacial score (nSPS) is 45.1. The summed E-state index contributed by atoms with van der Waals surface area (Å²) < 4.78 is 42.5. The van der Waals surface area contributed by atoms with Crippen molar-refractivity contribution < 1.29 is 33.5 Å². The lowest BCUT2D eigenvalue weighted by molar-refractivity contribution is -0.516. The van der Waals surface area contributed by atoms with Crippen molar-refractivity contribution in [1.82, 2.24) is 0 Å². The van der Waals surface area contributed by atoms with Crippen molar-refractivity contribution in [3.63, 3.8) is 0 Å². The van der Waals surface area contributed by atoms with E-state index in [1.807, 2.05) is 48.5 Å². The third-order valence-corrected chi connectivity index (χ3v) is 17.7. The van der Waals surface area contributed by atoms with Gasteiger partial charge in [0.1, 0.15) is 11.2 Å². The van der Waals surface area contributed by atoms with Crippen LogP contribution in [0.1, 0.15) is 180 Å². The highest BCUT2D eigenvalue weighted by Gasteiger charge is 2.79. The van der Waals surface area contributed by atoms with Crippen molar-refractivity contribution in [2.24, 2.45) is 32.5 Å². The van der Waals surface area contributed by atoms with Gasteiger partial charge in [-0.25, -0.2) is 0 Å². The van der Waals surface area contributed by atoms with Gasteiger partial charge in [-0.05, 0) is 83.1 Å². The number of aliphatic hydroxyl groups is 1. The van der Waals surface area contributed by atoms with Crippen molar-refractivity contribution in [3.05, 3.63) is 0 Å². The van der Waals surface area contributed by atoms with E-state index in [0.29, 0.717) is 0 Å². The first kappa shape index (κ1) is 44.9. The molecule has 0 bridgehead atoms. The number of ether oxygens (including phenoxy) is 6. The molecular formula is C42H82O7. The van der Waals surface area contributed by atoms with E-state index in [9.17, 15) is 5.11 Å². The summed E-state index contributed by atoms with van der Waals surface area (Å²) in [6.45, 7) is 55.2. The SMILES string of the molecule is CC.COC1(C)OC(C)(C)C(C)(OC2(C)OC(C)(C)C(C)(OC3(C)OC(C)(C)C(C)(O)C(C)(C)C3(C)C)C(C)(C)C2(C)C)C(C)(C)C1(C)C. The van der Waals surface area contributed by atoms with Gasteiger partial charge in [-0.2, -0.15) is 0 Å². The summed E-state index contributed by atoms with van der Waals surface area (Å²) in [6.07, 6.45) is 0. The zero-order valence-electron chi connectivity index (χ0n) is 37.4. The summed E-state index contributed by atoms with van der Waals surface area (Å²) in [5.41, 5.74) is -8.62. The molecule has 292 valence electrons. The third kappa shape index (κ3) is 5.04. The van der Waals surface area contributed by atoms with Crippen molar-refractivity contribution in [1.29, 1.82) is 0 Å². The van der Waals surface area contributed by atoms with Crippen LogP contribution in [-0.4, -0.2) is 63.2 Å². The summed E-state index contributed by atoms with van der Waals surface area (Å²) >= 11 is 0. The summed E-state index contributed by atoms with van der Waals surface area (Å²) in [6, 6.07) is 0. The highest BCUT2D eigenvalue weighted by atomic mass is 16.8. The Morgan fingerprint density at radius 2 is 0.592 bits per heavy atom. The number of methoxy groups -OCH3 is 1. The maximum atomic E-state index is 11.9. The van der Waals surface area contributed by atoms with Crippen molar-refractivity contribution in [2.75, 3.05) is 7.11 Å². The van der Waals surface area contributed by atoms with Crippen LogP contribution in [0.25, 0.3) is 0 Å². The fourth-order valence-corrected chi connectivity index (χ4v) is 9.77. The molecule has 3 rings (SSSR count). The number of hydrogen-bond acceptors (Lipinski definition) is 7. The summed E-state index contributed by atoms with van der Waals surface area (Å²) in [4.78, 5) is 0. The van der Waals surface area contributed by atoms with Crippen LogP contribution < -0.4 is 0 Å². The average Bonchev–Trinajstić information content (AvgIpc) is 2.90. The molecule has 0 amide bonds. The monoisotopic (exact) mass is 699 g/mol. The van der Waals surface area contributed by atoms with E-state index < -0.39 is 83.5 Å². The Morgan fingerprint density at radius 3 is 0.898 bits per heavy atom. The standard InChI is InChI=1S/C40H76O7.C2H6/c1-26(2)29(7,8)39(23,43-32(13,14)35(26,19)41)46-37(21)28(5,6)31(11,12)40(24,45-34(37,17)18)47-36(20)27(3,4)30(9,10)38(22,42-25)44-33(36,15)16;1-2/h41H,1-25H3;1-2H3. The summed E-state index contributed by atoms with van der Waals surface area (Å²) in [7, 11) is 1.72. The second-order valence-corrected chi connectivity index (χ2v) is 21.0. The largest absolute Gasteiger partial charge is 0.387 e. The van der Waals surface area contributed by atoms with E-state index in [4.69, 9.17) is 28.4 Å². The molecule has 3 saturated heterocycles. The molecule has 0 aromatic heterocycles. The Bertz CT molecular complexity index is 1250. The fraction of sp³-hybridized carbons (Fsp3) is 1.00. The predicted molar refractivity (Wildman–Crippen MR) is 201 cm³/mol. The Morgan fingerprint density at radius 1 is 0.347 bits per heavy atom. The molecule has 0 radical (unpaired) electrons. The van der Waals surface area contributed by atoms with Gasteiger partial charge in [0.2, 0.25) is 0 Å². The van der Waals surface area contributed by atoms with Crippen molar-refractivity contribution in [2.45, 2.75) is 231 Å². The Labute approximate surface area is 303 Å². The second kappa shape index (κ2) is 11.4. The molecule has 0 spiro atoms. The fourth-order valence-electron chi connectivity index (χ4n) is 9.77. The minimum Gasteiger partial charge on any atom is -0.387 e. The summed E-state index contributed by atoms with van der Waals surface area (Å²) in [5.74, 6) is -3.02. The molecule has 0 saturated carbocycles. The van der Waals surface area contributed by atoms with Crippen LogP contribution in [0.3, 0.4) is 0 Å². The molecule has 6 atom stereocenters. The van der Waals surface area contributed by atoms with Crippen molar-refractivity contribution >= 4 is 0 Å². The topological polar surface area (TPSA) is 75.6 Å². The first-order valence-electron chi connectivity index (χ1n) is 18.9. The molecule has 49 heavy (non-hydrogen) atoms. The molecule has 7 heteroatoms. The van der Waals surface area contributed by atoms with Gasteiger partial charge in [-0.3, -0.25) is 0 Å². The van der Waals surface area contributed by atoms with Crippen LogP contribution >= 0.6 is 0 Å². The first-order chi connectivity index (χ1) is 21.1.